The third kappa shape index (κ3) is 4.74. The van der Waals surface area contributed by atoms with Gasteiger partial charge in [0.15, 0.2) is 0 Å². The number of aromatic nitrogens is 2. The zero-order valence-corrected chi connectivity index (χ0v) is 19.7. The van der Waals surface area contributed by atoms with E-state index in [0.29, 0.717) is 17.3 Å². The zero-order valence-electron chi connectivity index (χ0n) is 19.7. The van der Waals surface area contributed by atoms with E-state index in [1.54, 1.807) is 13.0 Å². The lowest BCUT2D eigenvalue weighted by Crippen LogP contribution is -2.39. The van der Waals surface area contributed by atoms with Crippen LogP contribution in [0.4, 0.5) is 24.8 Å². The first kappa shape index (κ1) is 24.0. The van der Waals surface area contributed by atoms with Crippen LogP contribution >= 0.6 is 0 Å². The van der Waals surface area contributed by atoms with E-state index >= 15 is 0 Å². The summed E-state index contributed by atoms with van der Waals surface area (Å²) in [4.78, 5) is 24.5. The molecule has 34 heavy (non-hydrogen) atoms. The molecule has 0 radical (unpaired) electrons. The Morgan fingerprint density at radius 3 is 2.56 bits per heavy atom. The van der Waals surface area contributed by atoms with Gasteiger partial charge < -0.3 is 15.1 Å². The number of likely N-dealkylation sites (N-methyl/N-ethyl adjacent to an activating group) is 1. The Morgan fingerprint density at radius 1 is 1.21 bits per heavy atom. The third-order valence-corrected chi connectivity index (χ3v) is 6.88. The van der Waals surface area contributed by atoms with E-state index in [2.05, 4.69) is 26.3 Å². The summed E-state index contributed by atoms with van der Waals surface area (Å²) in [5.41, 5.74) is 2.31. The zero-order chi connectivity index (χ0) is 24.4. The molecule has 182 valence electrons. The van der Waals surface area contributed by atoms with Crippen LogP contribution in [0.25, 0.3) is 6.08 Å². The van der Waals surface area contributed by atoms with E-state index in [-0.39, 0.29) is 17.0 Å². The van der Waals surface area contributed by atoms with E-state index in [1.165, 1.54) is 24.0 Å². The van der Waals surface area contributed by atoms with Crippen LogP contribution in [0.2, 0.25) is 0 Å². The highest BCUT2D eigenvalue weighted by Gasteiger charge is 2.29. The predicted molar refractivity (Wildman–Crippen MR) is 127 cm³/mol. The Kier molecular flexibility index (Phi) is 7.09. The number of hydrogen-bond acceptors (Lipinski definition) is 5. The molecule has 1 saturated heterocycles. The topological polar surface area (TPSA) is 61.4 Å². The maximum absolute atomic E-state index is 13.7. The fourth-order valence-electron chi connectivity index (χ4n) is 5.00. The Morgan fingerprint density at radius 2 is 1.91 bits per heavy atom. The lowest BCUT2D eigenvalue weighted by molar-refractivity contribution is -0.130. The van der Waals surface area contributed by atoms with Gasteiger partial charge in [0.05, 0.1) is 11.6 Å². The molecule has 1 fully saturated rings. The SMILES string of the molecule is CC(=O)N1CCC(C2=Cc3c(N[C@H](C)c4cccc(C(F)F)c4CF)ncnc3N(C)C2)CC1. The predicted octanol–water partition coefficient (Wildman–Crippen LogP) is 5.15. The number of piperidine rings is 1. The van der Waals surface area contributed by atoms with Gasteiger partial charge in [-0.15, -0.1) is 0 Å². The van der Waals surface area contributed by atoms with E-state index in [0.717, 1.165) is 43.9 Å². The fraction of sp³-hybridized carbons (Fsp3) is 0.480. The number of alkyl halides is 3. The molecule has 0 unspecified atom stereocenters. The summed E-state index contributed by atoms with van der Waals surface area (Å²) in [6, 6.07) is 4.03. The minimum Gasteiger partial charge on any atom is -0.363 e. The van der Waals surface area contributed by atoms with Gasteiger partial charge in [0, 0.05) is 39.2 Å². The number of hydrogen-bond donors (Lipinski definition) is 1. The Balaban J connectivity index is 1.62. The highest BCUT2D eigenvalue weighted by Crippen LogP contribution is 2.37. The maximum Gasteiger partial charge on any atom is 0.264 e. The molecule has 0 saturated carbocycles. The number of carbonyl (C=O) groups is 1. The molecule has 1 aromatic carbocycles. The van der Waals surface area contributed by atoms with Crippen LogP contribution in [0.3, 0.4) is 0 Å². The molecule has 1 aromatic heterocycles. The number of benzene rings is 1. The third-order valence-electron chi connectivity index (χ3n) is 6.88. The summed E-state index contributed by atoms with van der Waals surface area (Å²) in [6.07, 6.45) is 2.66. The van der Waals surface area contributed by atoms with Crippen molar-refractivity contribution in [3.63, 3.8) is 0 Å². The molecule has 3 heterocycles. The van der Waals surface area contributed by atoms with Crippen molar-refractivity contribution in [1.82, 2.24) is 14.9 Å². The number of nitrogens with one attached hydrogen (secondary N) is 1. The van der Waals surface area contributed by atoms with Crippen LogP contribution in [0, 0.1) is 5.92 Å². The Hall–Kier alpha value is -3.10. The molecule has 0 spiro atoms. The largest absolute Gasteiger partial charge is 0.363 e. The number of halogens is 3. The quantitative estimate of drug-likeness (QED) is 0.629. The lowest BCUT2D eigenvalue weighted by Gasteiger charge is -2.36. The Labute approximate surface area is 197 Å². The normalized spacial score (nSPS) is 17.4. The summed E-state index contributed by atoms with van der Waals surface area (Å²) >= 11 is 0. The van der Waals surface area contributed by atoms with Crippen LogP contribution in [-0.2, 0) is 11.5 Å². The number of carbonyl (C=O) groups excluding carboxylic acids is 1. The molecule has 0 aliphatic carbocycles. The summed E-state index contributed by atoms with van der Waals surface area (Å²) in [5.74, 6) is 1.82. The van der Waals surface area contributed by atoms with Crippen molar-refractivity contribution in [2.24, 2.45) is 5.92 Å². The average Bonchev–Trinajstić information content (AvgIpc) is 2.83. The van der Waals surface area contributed by atoms with Crippen molar-refractivity contribution >= 4 is 23.6 Å². The van der Waals surface area contributed by atoms with E-state index in [9.17, 15) is 18.0 Å². The highest BCUT2D eigenvalue weighted by molar-refractivity contribution is 5.78. The molecule has 4 rings (SSSR count). The number of fused-ring (bicyclic) bond motifs is 1. The van der Waals surface area contributed by atoms with Crippen molar-refractivity contribution in [2.75, 3.05) is 36.9 Å². The van der Waals surface area contributed by atoms with Crippen LogP contribution in [0.15, 0.2) is 30.1 Å². The average molecular weight is 474 g/mol. The van der Waals surface area contributed by atoms with Crippen molar-refractivity contribution in [3.05, 3.63) is 52.4 Å². The monoisotopic (exact) mass is 473 g/mol. The fourth-order valence-corrected chi connectivity index (χ4v) is 5.00. The van der Waals surface area contributed by atoms with Gasteiger partial charge >= 0.3 is 0 Å². The van der Waals surface area contributed by atoms with E-state index in [1.807, 2.05) is 18.9 Å². The van der Waals surface area contributed by atoms with Crippen LogP contribution < -0.4 is 10.2 Å². The van der Waals surface area contributed by atoms with Crippen molar-refractivity contribution in [1.29, 1.82) is 0 Å². The molecule has 2 aliphatic heterocycles. The Bertz CT molecular complexity index is 1080. The van der Waals surface area contributed by atoms with E-state index in [4.69, 9.17) is 0 Å². The first-order chi connectivity index (χ1) is 16.3. The number of likely N-dealkylation sites (tertiary alicyclic amines) is 1. The standard InChI is InChI=1S/C25H30F3N5O/c1-15(19-5-4-6-20(23(27)28)22(19)12-26)31-24-21-11-18(13-32(3)25(21)30-14-29-24)17-7-9-33(10-8-17)16(2)34/h4-6,11,14-15,17,23H,7-10,12-13H2,1-3H3,(H,29,30,31)/t15-/m1/s1. The van der Waals surface area contributed by atoms with Gasteiger partial charge in [0.2, 0.25) is 5.91 Å². The van der Waals surface area contributed by atoms with Crippen LogP contribution in [0.5, 0.6) is 0 Å². The minimum atomic E-state index is -2.74. The van der Waals surface area contributed by atoms with Crippen molar-refractivity contribution < 1.29 is 18.0 Å². The first-order valence-electron chi connectivity index (χ1n) is 11.5. The van der Waals surface area contributed by atoms with Gasteiger partial charge in [-0.05, 0) is 48.5 Å². The molecule has 2 aromatic rings. The van der Waals surface area contributed by atoms with E-state index < -0.39 is 19.1 Å². The molecule has 0 bridgehead atoms. The molecule has 1 N–H and O–H groups in total. The number of nitrogens with zero attached hydrogens (tertiary/aromatic N) is 4. The van der Waals surface area contributed by atoms with Gasteiger partial charge in [-0.25, -0.2) is 23.1 Å². The number of anilines is 2. The van der Waals surface area contributed by atoms with Crippen molar-refractivity contribution in [3.8, 4) is 0 Å². The lowest BCUT2D eigenvalue weighted by atomic mass is 9.86. The maximum atomic E-state index is 13.7. The highest BCUT2D eigenvalue weighted by atomic mass is 19.3. The van der Waals surface area contributed by atoms with Gasteiger partial charge in [-0.3, -0.25) is 4.79 Å². The van der Waals surface area contributed by atoms with Gasteiger partial charge in [0.1, 0.15) is 24.6 Å². The number of rotatable bonds is 6. The van der Waals surface area contributed by atoms with Gasteiger partial charge in [0.25, 0.3) is 6.43 Å². The molecule has 1 atom stereocenters. The second kappa shape index (κ2) is 10.0. The van der Waals surface area contributed by atoms with Crippen molar-refractivity contribution in [2.45, 2.75) is 45.8 Å². The summed E-state index contributed by atoms with van der Waals surface area (Å²) in [7, 11) is 1.98. The van der Waals surface area contributed by atoms with Crippen LogP contribution in [-0.4, -0.2) is 47.5 Å². The molecule has 6 nitrogen and oxygen atoms in total. The molecule has 9 heteroatoms. The second-order valence-electron chi connectivity index (χ2n) is 9.03. The smallest absolute Gasteiger partial charge is 0.264 e. The number of amides is 1. The first-order valence-corrected chi connectivity index (χ1v) is 11.5. The second-order valence-corrected chi connectivity index (χ2v) is 9.03. The molecular weight excluding hydrogens is 443 g/mol. The summed E-state index contributed by atoms with van der Waals surface area (Å²) in [6.45, 7) is 4.68. The minimum absolute atomic E-state index is 0.0194. The van der Waals surface area contributed by atoms with Gasteiger partial charge in [-0.1, -0.05) is 18.2 Å². The molecule has 1 amide bonds. The van der Waals surface area contributed by atoms with Gasteiger partial charge in [-0.2, -0.15) is 0 Å². The molecular formula is C25H30F3N5O. The summed E-state index contributed by atoms with van der Waals surface area (Å²) in [5, 5.41) is 3.31. The molecule has 2 aliphatic rings. The summed E-state index contributed by atoms with van der Waals surface area (Å²) < 4.78 is 40.5. The van der Waals surface area contributed by atoms with Crippen LogP contribution in [0.1, 0.15) is 61.4 Å².